The topological polar surface area (TPSA) is 377 Å². The van der Waals surface area contributed by atoms with Gasteiger partial charge in [0, 0.05) is 0 Å². The molecule has 0 spiro atoms. The Hall–Kier alpha value is 24.2. The van der Waals surface area contributed by atoms with E-state index in [2.05, 4.69) is 0 Å². The zero-order chi connectivity index (χ0) is 17.9. The van der Waals surface area contributed by atoms with Crippen molar-refractivity contribution in [2.45, 2.75) is 0 Å². The molecule has 36 heteroatoms. The molecular formula is H2B5K15O16. The molecule has 0 bridgehead atoms. The number of rotatable bonds is 0. The smallest absolute Gasteiger partial charge is 0.907 e. The Morgan fingerprint density at radius 1 is 0.167 bits per heavy atom. The fourth-order valence-corrected chi connectivity index (χ4v) is 0. The summed E-state index contributed by atoms with van der Waals surface area (Å²) in [6.07, 6.45) is 0. The summed E-state index contributed by atoms with van der Waals surface area (Å²) < 4.78 is 0. The fourth-order valence-electron chi connectivity index (χ4n) is 0. The van der Waals surface area contributed by atoms with Gasteiger partial charge in [-0.2, -0.15) is 0 Å². The van der Waals surface area contributed by atoms with Gasteiger partial charge >= 0.3 is 771 Å². The summed E-state index contributed by atoms with van der Waals surface area (Å²) in [5.74, 6) is 0. The van der Waals surface area contributed by atoms with Crippen LogP contribution in [0.3, 0.4) is 0 Å². The van der Waals surface area contributed by atoms with Crippen LogP contribution in [-0.2, 0) is 0 Å². The van der Waals surface area contributed by atoms with Gasteiger partial charge in [0.25, 0.3) is 0 Å². The van der Waals surface area contributed by atoms with Crippen molar-refractivity contribution in [3.63, 3.8) is 0 Å². The molecule has 0 heterocycles. The maximum Gasteiger partial charge on any atom is 1.00 e. The molecule has 128 valence electrons. The van der Waals surface area contributed by atoms with E-state index < -0.39 is 36.6 Å². The van der Waals surface area contributed by atoms with E-state index in [1.54, 1.807) is 0 Å². The van der Waals surface area contributed by atoms with E-state index in [0.717, 1.165) is 0 Å². The molecule has 0 aliphatic heterocycles. The van der Waals surface area contributed by atoms with Crippen molar-refractivity contribution in [3.8, 4) is 0 Å². The molecule has 0 aromatic heterocycles. The Bertz CT molecular complexity index is 111. The maximum absolute atomic E-state index is 8.42. The molecule has 0 saturated carbocycles. The molecular weight excluding hydrogens is 897 g/mol. The summed E-state index contributed by atoms with van der Waals surface area (Å²) in [4.78, 5) is 0. The first-order valence-corrected chi connectivity index (χ1v) is 3.54. The molecule has 0 rings (SSSR count). The average molecular weight is 899 g/mol. The zero-order valence-corrected chi connectivity index (χ0v) is 71.4. The minimum Gasteiger partial charge on any atom is -0.907 e. The summed E-state index contributed by atoms with van der Waals surface area (Å²) >= 11 is 0. The third-order valence-electron chi connectivity index (χ3n) is 0. The summed E-state index contributed by atoms with van der Waals surface area (Å²) in [6, 6.07) is 0. The summed E-state index contributed by atoms with van der Waals surface area (Å²) in [6.45, 7) is 0. The van der Waals surface area contributed by atoms with Crippen LogP contribution in [0.1, 0.15) is 0 Å². The van der Waals surface area contributed by atoms with Crippen molar-refractivity contribution in [3.05, 3.63) is 0 Å². The molecule has 0 aliphatic carbocycles. The molecule has 36 heavy (non-hydrogen) atoms. The molecule has 2 N–H and O–H groups in total. The van der Waals surface area contributed by atoms with Gasteiger partial charge in [0.2, 0.25) is 0 Å². The normalized spacial score (nSPS) is 3.75. The van der Waals surface area contributed by atoms with Crippen LogP contribution >= 0.6 is 0 Å². The van der Waals surface area contributed by atoms with Crippen LogP contribution in [-0.4, -0.2) is 42.1 Å². The monoisotopic (exact) mass is 897 g/mol. The molecule has 0 aliphatic rings. The maximum atomic E-state index is 8.42. The Morgan fingerprint density at radius 3 is 0.167 bits per heavy atom. The summed E-state index contributed by atoms with van der Waals surface area (Å²) in [5, 5.41) is 126. The third kappa shape index (κ3) is 325. The average Bonchev–Trinajstić information content (AvgIpc) is 1.94. The molecule has 0 aromatic carbocycles. The van der Waals surface area contributed by atoms with E-state index in [1.807, 2.05) is 0 Å². The van der Waals surface area contributed by atoms with Crippen LogP contribution in [0, 0.1) is 0 Å². The van der Waals surface area contributed by atoms with E-state index in [9.17, 15) is 0 Å². The van der Waals surface area contributed by atoms with E-state index >= 15 is 0 Å². The number of hydrogen-bond acceptors (Lipinski definition) is 15. The van der Waals surface area contributed by atoms with E-state index in [1.165, 1.54) is 0 Å². The van der Waals surface area contributed by atoms with Gasteiger partial charge in [-0.3, -0.25) is 36.6 Å². The van der Waals surface area contributed by atoms with Gasteiger partial charge in [0.1, 0.15) is 0 Å². The molecule has 0 radical (unpaired) electrons. The largest absolute Gasteiger partial charge is 1.00 e. The van der Waals surface area contributed by atoms with Crippen LogP contribution in [0.5, 0.6) is 0 Å². The predicted molar refractivity (Wildman–Crippen MR) is 32.4 cm³/mol. The van der Waals surface area contributed by atoms with Crippen molar-refractivity contribution in [1.29, 1.82) is 0 Å². The van der Waals surface area contributed by atoms with Gasteiger partial charge in [-0.15, -0.1) is 0 Å². The van der Waals surface area contributed by atoms with Crippen molar-refractivity contribution < 1.29 is 852 Å². The molecule has 0 saturated heterocycles. The zero-order valence-electron chi connectivity index (χ0n) is 24.5. The minimum atomic E-state index is -2.92. The van der Waals surface area contributed by atoms with Crippen molar-refractivity contribution in [1.82, 2.24) is 0 Å². The Labute approximate surface area is 852 Å². The van der Waals surface area contributed by atoms with E-state index in [-0.39, 0.29) is 776 Å². The van der Waals surface area contributed by atoms with E-state index in [0.29, 0.717) is 0 Å². The first-order valence-electron chi connectivity index (χ1n) is 3.54. The van der Waals surface area contributed by atoms with Crippen LogP contribution in [0.2, 0.25) is 0 Å². The molecule has 0 fully saturated rings. The first-order chi connectivity index (χ1) is 8.66. The molecule has 0 amide bonds. The van der Waals surface area contributed by atoms with Gasteiger partial charge in [-0.25, -0.2) is 0 Å². The van der Waals surface area contributed by atoms with Gasteiger partial charge in [-0.1, -0.05) is 0 Å². The Kier molecular flexibility index (Phi) is 498. The second-order valence-corrected chi connectivity index (χ2v) is 1.44. The van der Waals surface area contributed by atoms with Gasteiger partial charge in [-0.05, 0) is 0 Å². The van der Waals surface area contributed by atoms with Gasteiger partial charge in [0.15, 0.2) is 0 Å². The van der Waals surface area contributed by atoms with Crippen LogP contribution in [0.15, 0.2) is 0 Å². The van der Waals surface area contributed by atoms with Crippen molar-refractivity contribution in [2.24, 2.45) is 0 Å². The standard InChI is InChI=1S/5BO3.15K.H2O/c5*2-1(3)4;;;;;;;;;;;;;;;;/h;;;;;;;;;;;;;;;;;;;;1H2/q5*-3;15*+1;. The fraction of sp³-hybridized carbons (Fsp3) is 0. The van der Waals surface area contributed by atoms with Gasteiger partial charge < -0.3 is 80.8 Å². The summed E-state index contributed by atoms with van der Waals surface area (Å²) in [7, 11) is -14.6. The SMILES string of the molecule is O.[K+].[K+].[K+].[K+].[K+].[K+].[K+].[K+].[K+].[K+].[K+].[K+].[K+].[K+].[K+].[O-]B([O-])[O-].[O-]B([O-])[O-].[O-]B([O-])[O-].[O-]B([O-])[O-].[O-]B([O-])[O-]. The molecule has 0 unspecified atom stereocenters. The van der Waals surface area contributed by atoms with Crippen molar-refractivity contribution in [2.75, 3.05) is 0 Å². The van der Waals surface area contributed by atoms with Crippen LogP contribution in [0.25, 0.3) is 0 Å². The minimum absolute atomic E-state index is 0. The second kappa shape index (κ2) is 130. The second-order valence-electron chi connectivity index (χ2n) is 1.44. The quantitative estimate of drug-likeness (QED) is 0.204. The van der Waals surface area contributed by atoms with E-state index in [4.69, 9.17) is 75.4 Å². The van der Waals surface area contributed by atoms with Gasteiger partial charge in [0.05, 0.1) is 0 Å². The molecule has 16 nitrogen and oxygen atoms in total. The van der Waals surface area contributed by atoms with Crippen molar-refractivity contribution >= 4 is 36.6 Å². The Balaban J connectivity index is -0.00000000370. The third-order valence-corrected chi connectivity index (χ3v) is 0. The predicted octanol–water partition coefficient (Wildman–Crippen LogP) is -65.5. The first kappa shape index (κ1) is 137. The summed E-state index contributed by atoms with van der Waals surface area (Å²) in [5.41, 5.74) is 0. The Morgan fingerprint density at radius 2 is 0.167 bits per heavy atom. The van der Waals surface area contributed by atoms with Crippen LogP contribution in [0.4, 0.5) is 0 Å². The number of hydrogen-bond donors (Lipinski definition) is 0. The molecule has 0 atom stereocenters. The molecule has 0 aromatic rings. The van der Waals surface area contributed by atoms with Crippen LogP contribution < -0.4 is 846 Å².